The molecule has 6 nitrogen and oxygen atoms in total. The number of fused-ring (bicyclic) bond motifs is 3. The van der Waals surface area contributed by atoms with Gasteiger partial charge in [0.05, 0.1) is 5.52 Å². The molecule has 0 N–H and O–H groups in total. The second-order valence-electron chi connectivity index (χ2n) is 6.77. The smallest absolute Gasteiger partial charge is 0.217 e. The van der Waals surface area contributed by atoms with Crippen molar-refractivity contribution in [3.63, 3.8) is 0 Å². The summed E-state index contributed by atoms with van der Waals surface area (Å²) in [6, 6.07) is 17.7. The molecule has 28 heavy (non-hydrogen) atoms. The minimum Gasteiger partial charge on any atom is -0.486 e. The van der Waals surface area contributed by atoms with Crippen molar-refractivity contribution in [3.8, 4) is 17.3 Å². The number of benzene rings is 2. The molecule has 138 valence electrons. The minimum atomic E-state index is 0.348. The van der Waals surface area contributed by atoms with Gasteiger partial charge in [0.15, 0.2) is 11.4 Å². The third kappa shape index (κ3) is 2.89. The molecule has 2 aromatic carbocycles. The fourth-order valence-electron chi connectivity index (χ4n) is 3.12. The van der Waals surface area contributed by atoms with Crippen LogP contribution < -0.4 is 4.74 Å². The van der Waals surface area contributed by atoms with E-state index in [1.54, 1.807) is 10.8 Å². The molecular formula is C22H18N4O2. The lowest BCUT2D eigenvalue weighted by atomic mass is 10.1. The van der Waals surface area contributed by atoms with Crippen LogP contribution in [0.3, 0.4) is 0 Å². The highest BCUT2D eigenvalue weighted by atomic mass is 16.5. The Bertz CT molecular complexity index is 1300. The van der Waals surface area contributed by atoms with Crippen LogP contribution in [0.5, 0.6) is 5.75 Å². The van der Waals surface area contributed by atoms with Gasteiger partial charge < -0.3 is 9.15 Å². The zero-order valence-electron chi connectivity index (χ0n) is 15.6. The topological polar surface area (TPSA) is 65.5 Å². The molecule has 0 aliphatic rings. The molecule has 3 aromatic heterocycles. The predicted molar refractivity (Wildman–Crippen MR) is 106 cm³/mol. The Morgan fingerprint density at radius 1 is 1.00 bits per heavy atom. The molecule has 0 amide bonds. The maximum Gasteiger partial charge on any atom is 0.217 e. The Morgan fingerprint density at radius 3 is 2.79 bits per heavy atom. The van der Waals surface area contributed by atoms with E-state index in [1.165, 1.54) is 11.1 Å². The Balaban J connectivity index is 1.41. The van der Waals surface area contributed by atoms with Gasteiger partial charge in [0.25, 0.3) is 0 Å². The summed E-state index contributed by atoms with van der Waals surface area (Å²) in [6.45, 7) is 4.50. The molecule has 0 aliphatic carbocycles. The van der Waals surface area contributed by atoms with Gasteiger partial charge in [0, 0.05) is 5.39 Å². The number of hydrogen-bond donors (Lipinski definition) is 0. The molecule has 5 aromatic rings. The SMILES string of the molecule is Cc1ccc(OCc2ccc(-c3nc4c5ccccc5ncn4n3)o2)cc1C. The molecule has 6 heteroatoms. The molecule has 0 bridgehead atoms. The monoisotopic (exact) mass is 370 g/mol. The van der Waals surface area contributed by atoms with Gasteiger partial charge in [-0.05, 0) is 61.4 Å². The van der Waals surface area contributed by atoms with Gasteiger partial charge in [-0.2, -0.15) is 0 Å². The van der Waals surface area contributed by atoms with E-state index in [9.17, 15) is 0 Å². The van der Waals surface area contributed by atoms with Crippen LogP contribution in [0.2, 0.25) is 0 Å². The van der Waals surface area contributed by atoms with Crippen LogP contribution >= 0.6 is 0 Å². The third-order valence-electron chi connectivity index (χ3n) is 4.82. The first-order valence-corrected chi connectivity index (χ1v) is 9.07. The largest absolute Gasteiger partial charge is 0.486 e. The number of para-hydroxylation sites is 1. The number of ether oxygens (including phenoxy) is 1. The second kappa shape index (κ2) is 6.49. The first-order valence-electron chi connectivity index (χ1n) is 9.07. The van der Waals surface area contributed by atoms with E-state index in [0.717, 1.165) is 28.1 Å². The summed E-state index contributed by atoms with van der Waals surface area (Å²) in [5, 5.41) is 5.45. The normalized spacial score (nSPS) is 11.4. The number of hydrogen-bond acceptors (Lipinski definition) is 5. The summed E-state index contributed by atoms with van der Waals surface area (Å²) < 4.78 is 13.4. The van der Waals surface area contributed by atoms with Gasteiger partial charge in [-0.3, -0.25) is 0 Å². The lowest BCUT2D eigenvalue weighted by Gasteiger charge is -2.06. The molecule has 0 aliphatic heterocycles. The van der Waals surface area contributed by atoms with Crippen LogP contribution in [0.15, 0.2) is 65.3 Å². The fraction of sp³-hybridized carbons (Fsp3) is 0.136. The number of rotatable bonds is 4. The van der Waals surface area contributed by atoms with Crippen molar-refractivity contribution in [2.75, 3.05) is 0 Å². The zero-order valence-corrected chi connectivity index (χ0v) is 15.6. The van der Waals surface area contributed by atoms with Crippen LogP contribution in [0.4, 0.5) is 0 Å². The Hall–Kier alpha value is -3.67. The van der Waals surface area contributed by atoms with Crippen molar-refractivity contribution in [1.29, 1.82) is 0 Å². The molecule has 5 rings (SSSR count). The number of furan rings is 1. The summed E-state index contributed by atoms with van der Waals surface area (Å²) in [7, 11) is 0. The zero-order chi connectivity index (χ0) is 19.1. The molecule has 0 saturated carbocycles. The molecule has 0 spiro atoms. The van der Waals surface area contributed by atoms with Crippen molar-refractivity contribution in [3.05, 3.63) is 77.8 Å². The van der Waals surface area contributed by atoms with E-state index in [-0.39, 0.29) is 0 Å². The molecule has 0 radical (unpaired) electrons. The predicted octanol–water partition coefficient (Wildman–Crippen LogP) is 4.73. The standard InChI is InChI=1S/C22H18N4O2/c1-14-7-8-16(11-15(14)2)27-12-17-9-10-20(28-17)21-24-22-18-5-3-4-6-19(18)23-13-26(22)25-21/h3-11,13H,12H2,1-2H3. The minimum absolute atomic E-state index is 0.348. The average molecular weight is 370 g/mol. The van der Waals surface area contributed by atoms with Crippen LogP contribution in [0, 0.1) is 13.8 Å². The summed E-state index contributed by atoms with van der Waals surface area (Å²) in [6.07, 6.45) is 1.67. The van der Waals surface area contributed by atoms with Gasteiger partial charge >= 0.3 is 0 Å². The van der Waals surface area contributed by atoms with E-state index < -0.39 is 0 Å². The summed E-state index contributed by atoms with van der Waals surface area (Å²) in [5.41, 5.74) is 4.08. The van der Waals surface area contributed by atoms with Crippen LogP contribution in [0.1, 0.15) is 16.9 Å². The van der Waals surface area contributed by atoms with E-state index in [0.29, 0.717) is 18.2 Å². The first kappa shape index (κ1) is 16.5. The highest BCUT2D eigenvalue weighted by molar-refractivity contribution is 5.91. The van der Waals surface area contributed by atoms with E-state index >= 15 is 0 Å². The first-order chi connectivity index (χ1) is 13.7. The van der Waals surface area contributed by atoms with E-state index in [2.05, 4.69) is 35.0 Å². The molecule has 0 fully saturated rings. The highest BCUT2D eigenvalue weighted by Crippen LogP contribution is 2.24. The van der Waals surface area contributed by atoms with Crippen molar-refractivity contribution in [2.24, 2.45) is 0 Å². The van der Waals surface area contributed by atoms with Gasteiger partial charge in [-0.1, -0.05) is 18.2 Å². The second-order valence-corrected chi connectivity index (χ2v) is 6.77. The molecular weight excluding hydrogens is 352 g/mol. The molecule has 0 saturated heterocycles. The lowest BCUT2D eigenvalue weighted by molar-refractivity contribution is 0.271. The highest BCUT2D eigenvalue weighted by Gasteiger charge is 2.13. The number of nitrogens with zero attached hydrogens (tertiary/aromatic N) is 4. The summed E-state index contributed by atoms with van der Waals surface area (Å²) >= 11 is 0. The Morgan fingerprint density at radius 2 is 1.89 bits per heavy atom. The summed E-state index contributed by atoms with van der Waals surface area (Å²) in [5.74, 6) is 2.67. The van der Waals surface area contributed by atoms with Crippen molar-refractivity contribution >= 4 is 16.6 Å². The van der Waals surface area contributed by atoms with Crippen molar-refractivity contribution < 1.29 is 9.15 Å². The van der Waals surface area contributed by atoms with Gasteiger partial charge in [-0.15, -0.1) is 5.10 Å². The van der Waals surface area contributed by atoms with E-state index in [4.69, 9.17) is 9.15 Å². The third-order valence-corrected chi connectivity index (χ3v) is 4.82. The van der Waals surface area contributed by atoms with E-state index in [1.807, 2.05) is 48.5 Å². The van der Waals surface area contributed by atoms with Crippen molar-refractivity contribution in [1.82, 2.24) is 19.6 Å². The fourth-order valence-corrected chi connectivity index (χ4v) is 3.12. The maximum absolute atomic E-state index is 5.90. The van der Waals surface area contributed by atoms with Crippen LogP contribution in [-0.2, 0) is 6.61 Å². The van der Waals surface area contributed by atoms with Crippen molar-refractivity contribution in [2.45, 2.75) is 20.5 Å². The van der Waals surface area contributed by atoms with Gasteiger partial charge in [0.1, 0.15) is 24.4 Å². The molecule has 3 heterocycles. The molecule has 0 atom stereocenters. The maximum atomic E-state index is 5.90. The van der Waals surface area contributed by atoms with Gasteiger partial charge in [-0.25, -0.2) is 14.5 Å². The number of aryl methyl sites for hydroxylation is 2. The van der Waals surface area contributed by atoms with Crippen LogP contribution in [-0.4, -0.2) is 19.6 Å². The Labute approximate surface area is 161 Å². The van der Waals surface area contributed by atoms with Crippen LogP contribution in [0.25, 0.3) is 28.1 Å². The lowest BCUT2D eigenvalue weighted by Crippen LogP contribution is -1.94. The quantitative estimate of drug-likeness (QED) is 0.457. The summed E-state index contributed by atoms with van der Waals surface area (Å²) in [4.78, 5) is 9.05. The molecule has 0 unspecified atom stereocenters. The average Bonchev–Trinajstić information content (AvgIpc) is 3.35. The number of aromatic nitrogens is 4. The van der Waals surface area contributed by atoms with Gasteiger partial charge in [0.2, 0.25) is 5.82 Å². The Kier molecular flexibility index (Phi) is 3.83.